The standard InChI is InChI=1S/C20H12Cl2N2O/c21-15-6-3-7-16(22)18(15)17-13-9-8-11-4-1-2-5-12(11)19(13)25-20(24)14(17)10-23/h1-9,17H,24H2. The van der Waals surface area contributed by atoms with E-state index in [9.17, 15) is 5.26 Å². The van der Waals surface area contributed by atoms with E-state index in [1.165, 1.54) is 0 Å². The van der Waals surface area contributed by atoms with Gasteiger partial charge >= 0.3 is 0 Å². The molecular weight excluding hydrogens is 355 g/mol. The first-order chi connectivity index (χ1) is 12.1. The fourth-order valence-corrected chi connectivity index (χ4v) is 3.89. The van der Waals surface area contributed by atoms with Gasteiger partial charge in [0.25, 0.3) is 0 Å². The maximum atomic E-state index is 9.66. The van der Waals surface area contributed by atoms with Gasteiger partial charge in [0.1, 0.15) is 17.4 Å². The van der Waals surface area contributed by atoms with E-state index < -0.39 is 5.92 Å². The van der Waals surface area contributed by atoms with Crippen LogP contribution in [-0.4, -0.2) is 0 Å². The third-order valence-electron chi connectivity index (χ3n) is 4.40. The highest BCUT2D eigenvalue weighted by Gasteiger charge is 2.34. The van der Waals surface area contributed by atoms with Crippen LogP contribution in [-0.2, 0) is 0 Å². The predicted octanol–water partition coefficient (Wildman–Crippen LogP) is 5.36. The quantitative estimate of drug-likeness (QED) is 0.630. The lowest BCUT2D eigenvalue weighted by molar-refractivity contribution is 0.398. The average Bonchev–Trinajstić information content (AvgIpc) is 2.61. The van der Waals surface area contributed by atoms with Gasteiger partial charge in [-0.1, -0.05) is 65.7 Å². The van der Waals surface area contributed by atoms with E-state index in [1.807, 2.05) is 36.4 Å². The number of halogens is 2. The monoisotopic (exact) mass is 366 g/mol. The van der Waals surface area contributed by atoms with Crippen molar-refractivity contribution in [2.45, 2.75) is 5.92 Å². The summed E-state index contributed by atoms with van der Waals surface area (Å²) in [5.74, 6) is 0.238. The molecule has 3 nitrogen and oxygen atoms in total. The van der Waals surface area contributed by atoms with Crippen LogP contribution >= 0.6 is 23.2 Å². The molecule has 0 saturated heterocycles. The highest BCUT2D eigenvalue weighted by atomic mass is 35.5. The van der Waals surface area contributed by atoms with Crippen LogP contribution in [0.25, 0.3) is 10.8 Å². The second-order valence-electron chi connectivity index (χ2n) is 5.77. The molecule has 1 heterocycles. The van der Waals surface area contributed by atoms with Gasteiger partial charge in [0.05, 0.1) is 5.92 Å². The van der Waals surface area contributed by atoms with Crippen LogP contribution in [0.3, 0.4) is 0 Å². The number of nitrogens with two attached hydrogens (primary N) is 1. The molecule has 0 amide bonds. The average molecular weight is 367 g/mol. The van der Waals surface area contributed by atoms with Crippen LogP contribution in [0.5, 0.6) is 5.75 Å². The number of allylic oxidation sites excluding steroid dienone is 1. The molecule has 3 aromatic carbocycles. The third kappa shape index (κ3) is 2.42. The van der Waals surface area contributed by atoms with E-state index in [4.69, 9.17) is 33.7 Å². The van der Waals surface area contributed by atoms with E-state index in [0.717, 1.165) is 16.3 Å². The molecule has 0 aliphatic carbocycles. The number of nitriles is 1. The number of fused-ring (bicyclic) bond motifs is 3. The normalized spacial score (nSPS) is 16.3. The molecule has 0 fully saturated rings. The molecule has 1 unspecified atom stereocenters. The third-order valence-corrected chi connectivity index (χ3v) is 5.06. The predicted molar refractivity (Wildman–Crippen MR) is 99.7 cm³/mol. The smallest absolute Gasteiger partial charge is 0.205 e. The first kappa shape index (κ1) is 15.8. The van der Waals surface area contributed by atoms with Crippen molar-refractivity contribution in [1.29, 1.82) is 5.26 Å². The van der Waals surface area contributed by atoms with Crippen molar-refractivity contribution in [3.05, 3.63) is 87.2 Å². The molecule has 1 atom stereocenters. The van der Waals surface area contributed by atoms with E-state index in [0.29, 0.717) is 26.9 Å². The first-order valence-corrected chi connectivity index (χ1v) is 8.40. The van der Waals surface area contributed by atoms with Crippen LogP contribution < -0.4 is 10.5 Å². The second kappa shape index (κ2) is 6.00. The Morgan fingerprint density at radius 2 is 1.68 bits per heavy atom. The summed E-state index contributed by atoms with van der Waals surface area (Å²) in [6.07, 6.45) is 0. The van der Waals surface area contributed by atoms with Crippen LogP contribution in [0.1, 0.15) is 17.0 Å². The molecule has 1 aliphatic rings. The Labute approximate surface area is 154 Å². The minimum Gasteiger partial charge on any atom is -0.440 e. The largest absolute Gasteiger partial charge is 0.440 e. The molecule has 1 aliphatic heterocycles. The summed E-state index contributed by atoms with van der Waals surface area (Å²) >= 11 is 12.8. The summed E-state index contributed by atoms with van der Waals surface area (Å²) < 4.78 is 5.83. The Morgan fingerprint density at radius 3 is 2.40 bits per heavy atom. The van der Waals surface area contributed by atoms with Crippen LogP contribution in [0.15, 0.2) is 66.1 Å². The highest BCUT2D eigenvalue weighted by molar-refractivity contribution is 6.36. The van der Waals surface area contributed by atoms with Gasteiger partial charge in [-0.2, -0.15) is 5.26 Å². The van der Waals surface area contributed by atoms with Crippen LogP contribution in [0.2, 0.25) is 10.0 Å². The molecule has 4 rings (SSSR count). The SMILES string of the molecule is N#CC1=C(N)Oc2c(ccc3ccccc23)C1c1c(Cl)cccc1Cl. The second-order valence-corrected chi connectivity index (χ2v) is 6.58. The van der Waals surface area contributed by atoms with Crippen molar-refractivity contribution < 1.29 is 4.74 Å². The molecule has 0 spiro atoms. The summed E-state index contributed by atoms with van der Waals surface area (Å²) in [5, 5.41) is 12.6. The van der Waals surface area contributed by atoms with Crippen molar-refractivity contribution in [3.8, 4) is 11.8 Å². The lowest BCUT2D eigenvalue weighted by Crippen LogP contribution is -2.21. The Balaban J connectivity index is 2.07. The lowest BCUT2D eigenvalue weighted by atomic mass is 9.82. The van der Waals surface area contributed by atoms with Gasteiger partial charge in [0.15, 0.2) is 0 Å². The maximum absolute atomic E-state index is 9.66. The molecule has 122 valence electrons. The van der Waals surface area contributed by atoms with Crippen LogP contribution in [0.4, 0.5) is 0 Å². The minimum absolute atomic E-state index is 0.0762. The van der Waals surface area contributed by atoms with Crippen molar-refractivity contribution in [2.24, 2.45) is 5.73 Å². The number of ether oxygens (including phenoxy) is 1. The van der Waals surface area contributed by atoms with E-state index in [-0.39, 0.29) is 5.88 Å². The van der Waals surface area contributed by atoms with Crippen molar-refractivity contribution >= 4 is 34.0 Å². The minimum atomic E-state index is -0.473. The van der Waals surface area contributed by atoms with E-state index in [2.05, 4.69) is 6.07 Å². The van der Waals surface area contributed by atoms with Gasteiger partial charge in [-0.05, 0) is 17.5 Å². The molecule has 2 N–H and O–H groups in total. The number of benzene rings is 3. The Morgan fingerprint density at radius 1 is 0.960 bits per heavy atom. The zero-order chi connectivity index (χ0) is 17.6. The zero-order valence-electron chi connectivity index (χ0n) is 13.0. The Bertz CT molecular complexity index is 1060. The van der Waals surface area contributed by atoms with Crippen molar-refractivity contribution in [3.63, 3.8) is 0 Å². The van der Waals surface area contributed by atoms with Gasteiger partial charge in [-0.15, -0.1) is 0 Å². The number of nitrogens with zero attached hydrogens (tertiary/aromatic N) is 1. The molecule has 0 bridgehead atoms. The molecule has 25 heavy (non-hydrogen) atoms. The molecule has 3 aromatic rings. The molecule has 0 aromatic heterocycles. The van der Waals surface area contributed by atoms with E-state index in [1.54, 1.807) is 18.2 Å². The van der Waals surface area contributed by atoms with Gasteiger partial charge in [0.2, 0.25) is 5.88 Å². The summed E-state index contributed by atoms with van der Waals surface area (Å²) in [4.78, 5) is 0. The van der Waals surface area contributed by atoms with Crippen molar-refractivity contribution in [2.75, 3.05) is 0 Å². The fraction of sp³-hybridized carbons (Fsp3) is 0.0500. The molecule has 0 saturated carbocycles. The molecular formula is C20H12Cl2N2O. The van der Waals surface area contributed by atoms with Gasteiger partial charge in [-0.25, -0.2) is 0 Å². The van der Waals surface area contributed by atoms with Gasteiger partial charge < -0.3 is 10.5 Å². The fourth-order valence-electron chi connectivity index (χ4n) is 3.27. The van der Waals surface area contributed by atoms with E-state index >= 15 is 0 Å². The summed E-state index contributed by atoms with van der Waals surface area (Å²) in [6.45, 7) is 0. The lowest BCUT2D eigenvalue weighted by Gasteiger charge is -2.28. The van der Waals surface area contributed by atoms with Gasteiger partial charge in [0, 0.05) is 26.6 Å². The summed E-state index contributed by atoms with van der Waals surface area (Å²) in [5.41, 5.74) is 7.85. The molecule has 0 radical (unpaired) electrons. The van der Waals surface area contributed by atoms with Crippen molar-refractivity contribution in [1.82, 2.24) is 0 Å². The Hall–Kier alpha value is -2.67. The number of rotatable bonds is 1. The molecule has 5 heteroatoms. The maximum Gasteiger partial charge on any atom is 0.205 e. The summed E-state index contributed by atoms with van der Waals surface area (Å²) in [6, 6.07) is 19.2. The van der Waals surface area contributed by atoms with Gasteiger partial charge in [-0.3, -0.25) is 0 Å². The topological polar surface area (TPSA) is 59.0 Å². The van der Waals surface area contributed by atoms with Crippen LogP contribution in [0, 0.1) is 11.3 Å². The zero-order valence-corrected chi connectivity index (χ0v) is 14.5. The number of hydrogen-bond acceptors (Lipinski definition) is 3. The highest BCUT2D eigenvalue weighted by Crippen LogP contribution is 2.48. The Kier molecular flexibility index (Phi) is 3.80. The summed E-state index contributed by atoms with van der Waals surface area (Å²) in [7, 11) is 0. The first-order valence-electron chi connectivity index (χ1n) is 7.65. The number of hydrogen-bond donors (Lipinski definition) is 1.